The van der Waals surface area contributed by atoms with E-state index in [9.17, 15) is 4.79 Å². The third kappa shape index (κ3) is 5.22. The fourth-order valence-corrected chi connectivity index (χ4v) is 0.976. The number of hydrogen-bond acceptors (Lipinski definition) is 3. The molecule has 0 aliphatic heterocycles. The number of nitrogens with one attached hydrogen (secondary N) is 1. The van der Waals surface area contributed by atoms with Gasteiger partial charge in [0.05, 0.1) is 6.61 Å². The summed E-state index contributed by atoms with van der Waals surface area (Å²) < 4.78 is 5.14. The van der Waals surface area contributed by atoms with Crippen LogP contribution in [0.3, 0.4) is 0 Å². The van der Waals surface area contributed by atoms with Gasteiger partial charge >= 0.3 is 5.97 Å². The Hall–Kier alpha value is -0.570. The predicted molar refractivity (Wildman–Crippen MR) is 58.2 cm³/mol. The highest BCUT2D eigenvalue weighted by atomic mass is 16.5. The molecule has 0 atom stereocenters. The Morgan fingerprint density at radius 2 is 1.93 bits per heavy atom. The minimum atomic E-state index is -0.565. The molecule has 0 radical (unpaired) electrons. The first kappa shape index (κ1) is 13.4. The maximum Gasteiger partial charge on any atom is 0.325 e. The summed E-state index contributed by atoms with van der Waals surface area (Å²) in [7, 11) is 1.76. The average Bonchev–Trinajstić information content (AvgIpc) is 2.17. The lowest BCUT2D eigenvalue weighted by molar-refractivity contribution is -0.150. The van der Waals surface area contributed by atoms with Crippen molar-refractivity contribution < 1.29 is 9.53 Å². The lowest BCUT2D eigenvalue weighted by Crippen LogP contribution is -2.45. The van der Waals surface area contributed by atoms with Gasteiger partial charge in [-0.1, -0.05) is 26.2 Å². The fraction of sp³-hybridized carbons (Fsp3) is 0.909. The van der Waals surface area contributed by atoms with Crippen LogP contribution >= 0.6 is 0 Å². The maximum atomic E-state index is 11.4. The first-order valence-corrected chi connectivity index (χ1v) is 5.40. The minimum Gasteiger partial charge on any atom is -0.464 e. The number of carbonyl (C=O) groups is 1. The second kappa shape index (κ2) is 6.82. The van der Waals surface area contributed by atoms with Crippen LogP contribution in [0.1, 0.15) is 46.5 Å². The third-order valence-electron chi connectivity index (χ3n) is 2.37. The summed E-state index contributed by atoms with van der Waals surface area (Å²) in [5.41, 5.74) is -0.565. The highest BCUT2D eigenvalue weighted by Gasteiger charge is 2.26. The molecule has 1 N–H and O–H groups in total. The first-order valence-electron chi connectivity index (χ1n) is 5.40. The normalized spacial score (nSPS) is 11.4. The van der Waals surface area contributed by atoms with Gasteiger partial charge in [-0.15, -0.1) is 0 Å². The molecule has 0 aliphatic rings. The highest BCUT2D eigenvalue weighted by molar-refractivity contribution is 5.79. The van der Waals surface area contributed by atoms with Crippen molar-refractivity contribution in [2.45, 2.75) is 52.0 Å². The molecule has 0 rings (SSSR count). The molecular weight excluding hydrogens is 178 g/mol. The second-order valence-corrected chi connectivity index (χ2v) is 4.07. The summed E-state index contributed by atoms with van der Waals surface area (Å²) in [6.07, 6.45) is 4.53. The van der Waals surface area contributed by atoms with Crippen molar-refractivity contribution in [3.8, 4) is 0 Å². The van der Waals surface area contributed by atoms with E-state index in [1.807, 2.05) is 13.8 Å². The summed E-state index contributed by atoms with van der Waals surface area (Å²) in [4.78, 5) is 11.4. The van der Waals surface area contributed by atoms with Crippen molar-refractivity contribution in [2.75, 3.05) is 13.7 Å². The summed E-state index contributed by atoms with van der Waals surface area (Å²) in [6, 6.07) is 0. The minimum absolute atomic E-state index is 0.170. The SMILES string of the molecule is CCCCCCOC(=O)C(C)(C)NC. The maximum absolute atomic E-state index is 11.4. The van der Waals surface area contributed by atoms with Crippen molar-refractivity contribution >= 4 is 5.97 Å². The van der Waals surface area contributed by atoms with Crippen LogP contribution in [0.15, 0.2) is 0 Å². The molecule has 0 spiro atoms. The zero-order valence-corrected chi connectivity index (χ0v) is 9.85. The van der Waals surface area contributed by atoms with E-state index >= 15 is 0 Å². The van der Waals surface area contributed by atoms with Gasteiger partial charge in [0.2, 0.25) is 0 Å². The van der Waals surface area contributed by atoms with E-state index in [-0.39, 0.29) is 5.97 Å². The van der Waals surface area contributed by atoms with E-state index in [2.05, 4.69) is 12.2 Å². The number of unbranched alkanes of at least 4 members (excludes halogenated alkanes) is 3. The Morgan fingerprint density at radius 3 is 2.43 bits per heavy atom. The Kier molecular flexibility index (Phi) is 6.54. The Bertz CT molecular complexity index is 167. The Morgan fingerprint density at radius 1 is 1.29 bits per heavy atom. The van der Waals surface area contributed by atoms with E-state index in [0.717, 1.165) is 12.8 Å². The van der Waals surface area contributed by atoms with Gasteiger partial charge in [0.25, 0.3) is 0 Å². The van der Waals surface area contributed by atoms with Crippen molar-refractivity contribution in [1.82, 2.24) is 5.32 Å². The average molecular weight is 201 g/mol. The lowest BCUT2D eigenvalue weighted by Gasteiger charge is -2.21. The van der Waals surface area contributed by atoms with Gasteiger partial charge < -0.3 is 10.1 Å². The van der Waals surface area contributed by atoms with Crippen LogP contribution in [-0.2, 0) is 9.53 Å². The van der Waals surface area contributed by atoms with Crippen molar-refractivity contribution in [2.24, 2.45) is 0 Å². The molecule has 0 saturated carbocycles. The van der Waals surface area contributed by atoms with Gasteiger partial charge in [0, 0.05) is 0 Å². The summed E-state index contributed by atoms with van der Waals surface area (Å²) in [6.45, 7) is 6.35. The van der Waals surface area contributed by atoms with Gasteiger partial charge in [-0.05, 0) is 27.3 Å². The molecule has 14 heavy (non-hydrogen) atoms. The number of rotatable bonds is 7. The zero-order chi connectivity index (χ0) is 11.0. The molecule has 3 nitrogen and oxygen atoms in total. The molecule has 0 unspecified atom stereocenters. The van der Waals surface area contributed by atoms with Gasteiger partial charge in [0.15, 0.2) is 0 Å². The predicted octanol–water partition coefficient (Wildman–Crippen LogP) is 2.11. The van der Waals surface area contributed by atoms with E-state index in [1.165, 1.54) is 12.8 Å². The number of esters is 1. The Labute approximate surface area is 87.2 Å². The quantitative estimate of drug-likeness (QED) is 0.506. The standard InChI is InChI=1S/C11H23NO2/c1-5-6-7-8-9-14-10(13)11(2,3)12-4/h12H,5-9H2,1-4H3. The van der Waals surface area contributed by atoms with Crippen LogP contribution in [0.25, 0.3) is 0 Å². The molecule has 0 saturated heterocycles. The number of ether oxygens (including phenoxy) is 1. The van der Waals surface area contributed by atoms with Crippen LogP contribution < -0.4 is 5.32 Å². The van der Waals surface area contributed by atoms with Crippen LogP contribution in [0, 0.1) is 0 Å². The summed E-state index contributed by atoms with van der Waals surface area (Å²) >= 11 is 0. The molecule has 84 valence electrons. The van der Waals surface area contributed by atoms with Crippen molar-refractivity contribution in [3.63, 3.8) is 0 Å². The monoisotopic (exact) mass is 201 g/mol. The molecule has 3 heteroatoms. The van der Waals surface area contributed by atoms with Gasteiger partial charge in [-0.2, -0.15) is 0 Å². The molecule has 0 fully saturated rings. The molecule has 0 aromatic rings. The van der Waals surface area contributed by atoms with E-state index in [1.54, 1.807) is 7.05 Å². The number of hydrogen-bond donors (Lipinski definition) is 1. The lowest BCUT2D eigenvalue weighted by atomic mass is 10.1. The molecular formula is C11H23NO2. The van der Waals surface area contributed by atoms with E-state index in [4.69, 9.17) is 4.74 Å². The van der Waals surface area contributed by atoms with Gasteiger partial charge in [0.1, 0.15) is 5.54 Å². The largest absolute Gasteiger partial charge is 0.464 e. The third-order valence-corrected chi connectivity index (χ3v) is 2.37. The van der Waals surface area contributed by atoms with Gasteiger partial charge in [-0.25, -0.2) is 0 Å². The molecule has 0 amide bonds. The first-order chi connectivity index (χ1) is 6.54. The van der Waals surface area contributed by atoms with E-state index < -0.39 is 5.54 Å². The number of likely N-dealkylation sites (N-methyl/N-ethyl adjacent to an activating group) is 1. The molecule has 0 bridgehead atoms. The second-order valence-electron chi connectivity index (χ2n) is 4.07. The number of carbonyl (C=O) groups excluding carboxylic acids is 1. The molecule has 0 aliphatic carbocycles. The van der Waals surface area contributed by atoms with Crippen LogP contribution in [0.2, 0.25) is 0 Å². The zero-order valence-electron chi connectivity index (χ0n) is 9.85. The molecule has 0 heterocycles. The Balaban J connectivity index is 3.54. The molecule has 0 aromatic heterocycles. The van der Waals surface area contributed by atoms with Crippen molar-refractivity contribution in [1.29, 1.82) is 0 Å². The highest BCUT2D eigenvalue weighted by Crippen LogP contribution is 2.05. The fourth-order valence-electron chi connectivity index (χ4n) is 0.976. The van der Waals surface area contributed by atoms with Crippen LogP contribution in [-0.4, -0.2) is 25.2 Å². The van der Waals surface area contributed by atoms with Crippen molar-refractivity contribution in [3.05, 3.63) is 0 Å². The van der Waals surface area contributed by atoms with Crippen LogP contribution in [0.4, 0.5) is 0 Å². The molecule has 0 aromatic carbocycles. The van der Waals surface area contributed by atoms with Crippen LogP contribution in [0.5, 0.6) is 0 Å². The summed E-state index contributed by atoms with van der Waals surface area (Å²) in [5, 5.41) is 2.92. The summed E-state index contributed by atoms with van der Waals surface area (Å²) in [5.74, 6) is -0.170. The van der Waals surface area contributed by atoms with Gasteiger partial charge in [-0.3, -0.25) is 4.79 Å². The van der Waals surface area contributed by atoms with E-state index in [0.29, 0.717) is 6.61 Å². The smallest absolute Gasteiger partial charge is 0.325 e. The topological polar surface area (TPSA) is 38.3 Å².